The molecule has 0 fully saturated rings. The molecule has 1 unspecified atom stereocenters. The van der Waals surface area contributed by atoms with Crippen LogP contribution in [0.4, 0.5) is 0 Å². The van der Waals surface area contributed by atoms with Crippen molar-refractivity contribution in [1.29, 1.82) is 0 Å². The number of pyridine rings is 1. The molecule has 352 valence electrons. The molecule has 7 aromatic carbocycles. The molecule has 5 nitrogen and oxygen atoms in total. The molecule has 0 spiro atoms. The molecule has 10 aromatic rings. The molecule has 2 aliphatic carbocycles. The van der Waals surface area contributed by atoms with Gasteiger partial charge in [-0.05, 0) is 121 Å². The standard InChI is InChI=1S/C64H58N4O.Pt/c1-61(2,3)44-31-36-65-56(37-44)68-54-39-47(29-30-50(54)57-55(68)40-51-58-59(57)63(6,7)33-35-64(58,8)34-32-62(51,4)5)69-46-24-17-23-45(38-46)66-41-67(53-28-16-15-27-52(53)66)60-48(42-19-11-9-12-20-42)25-18-26-49(60)43-21-13-10-14-22-43;/h9-31,36-37,40H,32-35H2,1-8H3;/q-2;/i9D,10D,11D,12D,13D,14D,19D,20D,21D,22D;. The minimum atomic E-state index is -0.568. The van der Waals surface area contributed by atoms with Gasteiger partial charge in [-0.3, -0.25) is 4.57 Å². The molecular weight excluding hydrogens is 1040 g/mol. The van der Waals surface area contributed by atoms with Crippen molar-refractivity contribution < 1.29 is 44.1 Å². The molecule has 0 radical (unpaired) electrons. The monoisotopic (exact) mass is 1100 g/mol. The van der Waals surface area contributed by atoms with E-state index in [1.54, 1.807) is 27.3 Å². The first-order valence-electron chi connectivity index (χ1n) is 28.8. The fraction of sp³-hybridized carbons (Fsp3) is 0.250. The van der Waals surface area contributed by atoms with Crippen LogP contribution in [0.2, 0.25) is 0 Å². The third kappa shape index (κ3) is 7.46. The Labute approximate surface area is 441 Å². The van der Waals surface area contributed by atoms with Crippen molar-refractivity contribution in [3.63, 3.8) is 0 Å². The molecule has 0 amide bonds. The predicted molar refractivity (Wildman–Crippen MR) is 281 cm³/mol. The molecule has 1 atom stereocenters. The van der Waals surface area contributed by atoms with Gasteiger partial charge in [0.15, 0.2) is 0 Å². The van der Waals surface area contributed by atoms with E-state index in [2.05, 4.69) is 103 Å². The molecule has 0 N–H and O–H groups in total. The zero-order chi connectivity index (χ0) is 56.2. The summed E-state index contributed by atoms with van der Waals surface area (Å²) in [5.74, 6) is 1.65. The molecule has 0 aliphatic heterocycles. The van der Waals surface area contributed by atoms with Crippen molar-refractivity contribution in [2.45, 2.75) is 103 Å². The Morgan fingerprint density at radius 3 is 2.03 bits per heavy atom. The molecule has 0 saturated carbocycles. The van der Waals surface area contributed by atoms with Gasteiger partial charge < -0.3 is 13.9 Å². The minimum Gasteiger partial charge on any atom is -0.510 e. The van der Waals surface area contributed by atoms with E-state index in [-0.39, 0.29) is 70.7 Å². The van der Waals surface area contributed by atoms with Crippen molar-refractivity contribution >= 4 is 32.8 Å². The Morgan fingerprint density at radius 2 is 1.33 bits per heavy atom. The van der Waals surface area contributed by atoms with Gasteiger partial charge in [-0.1, -0.05) is 164 Å². The summed E-state index contributed by atoms with van der Waals surface area (Å²) in [6.07, 6.45) is 9.82. The van der Waals surface area contributed by atoms with Gasteiger partial charge in [0.25, 0.3) is 6.33 Å². The Balaban J connectivity index is 0.00000675. The number of benzene rings is 7. The molecular formula is C64H58N4OPt-2. The summed E-state index contributed by atoms with van der Waals surface area (Å²) in [5, 5.41) is 2.30. The average Bonchev–Trinajstić information content (AvgIpc) is 4.01. The number of ether oxygens (including phenoxy) is 1. The third-order valence-corrected chi connectivity index (χ3v) is 15.0. The van der Waals surface area contributed by atoms with Crippen LogP contribution in [0.1, 0.15) is 117 Å². The van der Waals surface area contributed by atoms with Crippen LogP contribution < -0.4 is 9.30 Å². The zero-order valence-corrected chi connectivity index (χ0v) is 42.9. The predicted octanol–water partition coefficient (Wildman–Crippen LogP) is 15.6. The first-order valence-corrected chi connectivity index (χ1v) is 23.8. The maximum atomic E-state index is 9.08. The third-order valence-electron chi connectivity index (χ3n) is 15.0. The van der Waals surface area contributed by atoms with E-state index in [0.717, 1.165) is 53.5 Å². The Kier molecular flexibility index (Phi) is 8.53. The number of rotatable bonds is 7. The number of para-hydroxylation sites is 3. The van der Waals surface area contributed by atoms with Crippen LogP contribution in [0.5, 0.6) is 11.5 Å². The van der Waals surface area contributed by atoms with Crippen LogP contribution in [0.25, 0.3) is 72.3 Å². The minimum absolute atomic E-state index is 0. The smallest absolute Gasteiger partial charge is 0.268 e. The summed E-state index contributed by atoms with van der Waals surface area (Å²) in [4.78, 5) is 5.07. The largest absolute Gasteiger partial charge is 0.510 e. The van der Waals surface area contributed by atoms with Crippen molar-refractivity contribution in [1.82, 2.24) is 14.1 Å². The van der Waals surface area contributed by atoms with E-state index in [0.29, 0.717) is 28.2 Å². The maximum Gasteiger partial charge on any atom is 0.268 e. The number of hydrogen-bond acceptors (Lipinski definition) is 2. The van der Waals surface area contributed by atoms with Crippen LogP contribution in [-0.4, -0.2) is 14.1 Å². The number of fused-ring (bicyclic) bond motifs is 5. The van der Waals surface area contributed by atoms with Gasteiger partial charge in [-0.15, -0.1) is 29.7 Å². The van der Waals surface area contributed by atoms with Crippen molar-refractivity contribution in [3.8, 4) is 50.9 Å². The summed E-state index contributed by atoms with van der Waals surface area (Å²) >= 11 is 0. The van der Waals surface area contributed by atoms with E-state index >= 15 is 0 Å². The van der Waals surface area contributed by atoms with E-state index in [1.165, 1.54) is 22.1 Å². The van der Waals surface area contributed by atoms with E-state index in [4.69, 9.17) is 23.4 Å². The molecule has 2 aliphatic rings. The number of aromatic nitrogens is 4. The van der Waals surface area contributed by atoms with Crippen molar-refractivity contribution in [3.05, 3.63) is 198 Å². The summed E-state index contributed by atoms with van der Waals surface area (Å²) in [5.41, 5.74) is 9.14. The van der Waals surface area contributed by atoms with Gasteiger partial charge in [0.2, 0.25) is 0 Å². The summed E-state index contributed by atoms with van der Waals surface area (Å²) in [6, 6.07) is 30.5. The van der Waals surface area contributed by atoms with E-state index in [1.807, 2.05) is 54.7 Å². The Morgan fingerprint density at radius 1 is 0.671 bits per heavy atom. The molecule has 12 rings (SSSR count). The second-order valence-corrected chi connectivity index (χ2v) is 21.4. The van der Waals surface area contributed by atoms with Crippen molar-refractivity contribution in [2.24, 2.45) is 0 Å². The van der Waals surface area contributed by atoms with E-state index in [9.17, 15) is 0 Å². The van der Waals surface area contributed by atoms with Gasteiger partial charge in [0.1, 0.15) is 5.82 Å². The van der Waals surface area contributed by atoms with Gasteiger partial charge in [-0.2, -0.15) is 18.2 Å². The Hall–Kier alpha value is -6.55. The first kappa shape index (κ1) is 35.5. The average molecular weight is 1100 g/mol. The topological polar surface area (TPSA) is 35.9 Å². The summed E-state index contributed by atoms with van der Waals surface area (Å²) < 4.78 is 100. The second kappa shape index (κ2) is 16.8. The number of nitrogens with zero attached hydrogens (tertiary/aromatic N) is 4. The zero-order valence-electron chi connectivity index (χ0n) is 50.6. The van der Waals surface area contributed by atoms with Gasteiger partial charge in [0.05, 0.1) is 30.4 Å². The van der Waals surface area contributed by atoms with Crippen LogP contribution in [0.15, 0.2) is 158 Å². The normalized spacial score (nSPS) is 19.1. The number of hydrogen-bond donors (Lipinski definition) is 0. The van der Waals surface area contributed by atoms with Crippen LogP contribution in [-0.2, 0) is 42.7 Å². The van der Waals surface area contributed by atoms with Gasteiger partial charge in [0, 0.05) is 44.3 Å². The molecule has 0 saturated heterocycles. The summed E-state index contributed by atoms with van der Waals surface area (Å²) in [7, 11) is 0. The quantitative estimate of drug-likeness (QED) is 0.118. The first-order chi connectivity index (χ1) is 37.3. The maximum absolute atomic E-state index is 9.08. The number of imidazole rings is 1. The second-order valence-electron chi connectivity index (χ2n) is 21.4. The van der Waals surface area contributed by atoms with Crippen molar-refractivity contribution in [2.75, 3.05) is 0 Å². The SMILES string of the molecule is [2H]c1c([2H])c([2H])c(-c2cccc(-c3c([2H])c([2H])c([2H])c([2H])c3[2H])c2-[n+]2[c-]n(-c3[c-]c(Oc4[c-]c5c(cc4)c4c6c7c(cc4n5-c4cc(C(C)(C)C)ccn4)C(C)(C)CCC7(C)CCC6(C)C)ccc3)c3ccccc32)c([2H])c1[2H].[Pt]. The van der Waals surface area contributed by atoms with E-state index < -0.39 is 60.4 Å². The Bertz CT molecular complexity index is 4120. The molecule has 3 aromatic heterocycles. The molecule has 3 heterocycles. The fourth-order valence-corrected chi connectivity index (χ4v) is 11.1. The fourth-order valence-electron chi connectivity index (χ4n) is 11.1. The summed E-state index contributed by atoms with van der Waals surface area (Å²) in [6.45, 7) is 18.7. The van der Waals surface area contributed by atoms with Crippen LogP contribution in [0.3, 0.4) is 0 Å². The van der Waals surface area contributed by atoms with Crippen LogP contribution in [0, 0.1) is 18.5 Å². The molecule has 0 bridgehead atoms. The van der Waals surface area contributed by atoms with Crippen LogP contribution >= 0.6 is 0 Å². The van der Waals surface area contributed by atoms with Gasteiger partial charge >= 0.3 is 0 Å². The molecule has 6 heteroatoms. The molecule has 70 heavy (non-hydrogen) atoms. The van der Waals surface area contributed by atoms with Gasteiger partial charge in [-0.25, -0.2) is 4.98 Å².